The number of hydrogen-bond acceptors (Lipinski definition) is 0. The van der Waals surface area contributed by atoms with Gasteiger partial charge in [0.1, 0.15) is 0 Å². The maximum atomic E-state index is 4.21. The third-order valence-corrected chi connectivity index (χ3v) is 10.8. The van der Waals surface area contributed by atoms with E-state index in [2.05, 4.69) is 184 Å². The number of rotatable bonds is 5. The van der Waals surface area contributed by atoms with Gasteiger partial charge in [0.2, 0.25) is 0 Å². The van der Waals surface area contributed by atoms with Crippen molar-refractivity contribution in [1.29, 1.82) is 0 Å². The standard InChI is InChI=1S/C24H28.C16H22.C11H16/c1-9-17-15(3)13-21-22(18(17)10-2)19-12-11-16(23(4,5)6)14-20(19)24(21,7)8;1-7-12(3)14(5)15(6)16-9-8-11(2)10-13(16)4;1-9-5-7-10(8-6-9)11(2,3)4/h9-14H,1-2H2,3-8H3;7-9,11H,1,6,10H2,2-5H3;5-8H,1-4H3/b;14-12-;. The molecular formula is C51H66. The van der Waals surface area contributed by atoms with E-state index in [1.54, 1.807) is 0 Å². The summed E-state index contributed by atoms with van der Waals surface area (Å²) in [6.07, 6.45) is 11.5. The Morgan fingerprint density at radius 3 is 1.80 bits per heavy atom. The molecule has 0 N–H and O–H groups in total. The van der Waals surface area contributed by atoms with Gasteiger partial charge in [0.25, 0.3) is 0 Å². The summed E-state index contributed by atoms with van der Waals surface area (Å²) in [5, 5.41) is 0. The molecule has 0 nitrogen and oxygen atoms in total. The zero-order chi connectivity index (χ0) is 38.6. The Morgan fingerprint density at radius 1 is 0.765 bits per heavy atom. The predicted molar refractivity (Wildman–Crippen MR) is 231 cm³/mol. The second kappa shape index (κ2) is 16.0. The highest BCUT2D eigenvalue weighted by molar-refractivity contribution is 5.91. The first-order valence-corrected chi connectivity index (χ1v) is 18.6. The Hall–Kier alpha value is -4.16. The van der Waals surface area contributed by atoms with E-state index in [9.17, 15) is 0 Å². The first kappa shape index (κ1) is 41.3. The first-order valence-electron chi connectivity index (χ1n) is 18.6. The minimum absolute atomic E-state index is 0.00808. The number of fused-ring (bicyclic) bond motifs is 3. The van der Waals surface area contributed by atoms with Crippen LogP contribution < -0.4 is 0 Å². The molecule has 0 heterocycles. The van der Waals surface area contributed by atoms with Gasteiger partial charge in [0.05, 0.1) is 0 Å². The van der Waals surface area contributed by atoms with Crippen LogP contribution in [0.5, 0.6) is 0 Å². The van der Waals surface area contributed by atoms with Gasteiger partial charge in [-0.25, -0.2) is 0 Å². The molecular weight excluding hydrogens is 613 g/mol. The smallest absolute Gasteiger partial charge is 0.0159 e. The SMILES string of the molecule is C=C/C(C)=C(/C)C(=C)C1=C(C)CC(C)C=C1.C=Cc1c(C)cc2c(c1C=C)-c1ccc(C(C)(C)C)cc1C2(C)C.Cc1ccc(C(C)(C)C)cc1. The fourth-order valence-electron chi connectivity index (χ4n) is 7.08. The van der Waals surface area contributed by atoms with Crippen molar-refractivity contribution in [2.75, 3.05) is 0 Å². The molecule has 0 aliphatic heterocycles. The van der Waals surface area contributed by atoms with E-state index >= 15 is 0 Å². The van der Waals surface area contributed by atoms with E-state index in [0.29, 0.717) is 5.92 Å². The average molecular weight is 679 g/mol. The van der Waals surface area contributed by atoms with Crippen LogP contribution in [0.2, 0.25) is 0 Å². The van der Waals surface area contributed by atoms with Gasteiger partial charge in [0.15, 0.2) is 0 Å². The van der Waals surface area contributed by atoms with Crippen LogP contribution in [-0.4, -0.2) is 0 Å². The van der Waals surface area contributed by atoms with E-state index in [4.69, 9.17) is 0 Å². The van der Waals surface area contributed by atoms with Crippen molar-refractivity contribution >= 4 is 12.2 Å². The Kier molecular flexibility index (Phi) is 13.0. The lowest BCUT2D eigenvalue weighted by Gasteiger charge is -2.25. The van der Waals surface area contributed by atoms with Crippen LogP contribution in [0.1, 0.15) is 134 Å². The summed E-state index contributed by atoms with van der Waals surface area (Å²) in [5.74, 6) is 0.654. The summed E-state index contributed by atoms with van der Waals surface area (Å²) in [6.45, 7) is 47.3. The highest BCUT2D eigenvalue weighted by atomic mass is 14.4. The fourth-order valence-corrected chi connectivity index (χ4v) is 7.08. The van der Waals surface area contributed by atoms with Crippen molar-refractivity contribution in [3.05, 3.63) is 165 Å². The van der Waals surface area contributed by atoms with Gasteiger partial charge < -0.3 is 0 Å². The zero-order valence-corrected chi connectivity index (χ0v) is 34.6. The van der Waals surface area contributed by atoms with E-state index in [-0.39, 0.29) is 16.2 Å². The van der Waals surface area contributed by atoms with Crippen molar-refractivity contribution in [1.82, 2.24) is 0 Å². The Morgan fingerprint density at radius 2 is 1.31 bits per heavy atom. The van der Waals surface area contributed by atoms with Gasteiger partial charge >= 0.3 is 0 Å². The molecule has 0 heteroatoms. The molecule has 270 valence electrons. The van der Waals surface area contributed by atoms with Crippen LogP contribution in [0.25, 0.3) is 23.3 Å². The highest BCUT2D eigenvalue weighted by Crippen LogP contribution is 2.52. The summed E-state index contributed by atoms with van der Waals surface area (Å²) in [7, 11) is 0. The molecule has 1 atom stereocenters. The van der Waals surface area contributed by atoms with Crippen LogP contribution in [0.4, 0.5) is 0 Å². The molecule has 2 aliphatic rings. The molecule has 1 unspecified atom stereocenters. The first-order chi connectivity index (χ1) is 23.6. The largest absolute Gasteiger partial charge is 0.0988 e. The molecule has 3 aromatic carbocycles. The normalized spacial score (nSPS) is 16.4. The number of aryl methyl sites for hydroxylation is 2. The van der Waals surface area contributed by atoms with E-state index in [0.717, 1.165) is 12.0 Å². The fraction of sp³-hybridized carbons (Fsp3) is 0.373. The van der Waals surface area contributed by atoms with Gasteiger partial charge in [-0.1, -0.05) is 179 Å². The van der Waals surface area contributed by atoms with Crippen LogP contribution in [0.15, 0.2) is 121 Å². The summed E-state index contributed by atoms with van der Waals surface area (Å²) in [5.41, 5.74) is 20.1. The molecule has 3 aromatic rings. The molecule has 0 aromatic heterocycles. The van der Waals surface area contributed by atoms with Crippen LogP contribution in [0.3, 0.4) is 0 Å². The summed E-state index contributed by atoms with van der Waals surface area (Å²) in [6, 6.07) is 18.1. The van der Waals surface area contributed by atoms with Crippen LogP contribution in [0, 0.1) is 19.8 Å². The van der Waals surface area contributed by atoms with Crippen molar-refractivity contribution in [3.63, 3.8) is 0 Å². The summed E-state index contributed by atoms with van der Waals surface area (Å²) >= 11 is 0. The van der Waals surface area contributed by atoms with Gasteiger partial charge in [-0.3, -0.25) is 0 Å². The van der Waals surface area contributed by atoms with Gasteiger partial charge in [-0.05, 0) is 130 Å². The molecule has 0 spiro atoms. The highest BCUT2D eigenvalue weighted by Gasteiger charge is 2.38. The second-order valence-corrected chi connectivity index (χ2v) is 17.3. The minimum atomic E-state index is 0.00808. The molecule has 2 aliphatic carbocycles. The van der Waals surface area contributed by atoms with E-state index in [1.807, 2.05) is 18.2 Å². The van der Waals surface area contributed by atoms with Crippen molar-refractivity contribution in [2.24, 2.45) is 5.92 Å². The van der Waals surface area contributed by atoms with Crippen molar-refractivity contribution in [2.45, 2.75) is 120 Å². The van der Waals surface area contributed by atoms with Crippen molar-refractivity contribution < 1.29 is 0 Å². The lowest BCUT2D eigenvalue weighted by atomic mass is 9.78. The van der Waals surface area contributed by atoms with Gasteiger partial charge in [-0.15, -0.1) is 0 Å². The van der Waals surface area contributed by atoms with Crippen molar-refractivity contribution in [3.8, 4) is 11.1 Å². The quantitative estimate of drug-likeness (QED) is 0.236. The molecule has 5 rings (SSSR count). The topological polar surface area (TPSA) is 0 Å². The molecule has 0 amide bonds. The number of hydrogen-bond donors (Lipinski definition) is 0. The number of benzene rings is 3. The Balaban J connectivity index is 0.000000225. The number of allylic oxidation sites excluding steroid dienone is 8. The molecule has 51 heavy (non-hydrogen) atoms. The lowest BCUT2D eigenvalue weighted by molar-refractivity contribution is 0.584. The van der Waals surface area contributed by atoms with Crippen LogP contribution in [-0.2, 0) is 16.2 Å². The monoisotopic (exact) mass is 679 g/mol. The predicted octanol–water partition coefficient (Wildman–Crippen LogP) is 15.2. The van der Waals surface area contributed by atoms with E-state index < -0.39 is 0 Å². The Bertz CT molecular complexity index is 1890. The second-order valence-electron chi connectivity index (χ2n) is 17.3. The zero-order valence-electron chi connectivity index (χ0n) is 34.6. The third kappa shape index (κ3) is 9.20. The average Bonchev–Trinajstić information content (AvgIpc) is 3.28. The van der Waals surface area contributed by atoms with Crippen LogP contribution >= 0.6 is 0 Å². The molecule has 0 saturated heterocycles. The van der Waals surface area contributed by atoms with Gasteiger partial charge in [-0.2, -0.15) is 0 Å². The molecule has 0 radical (unpaired) electrons. The third-order valence-electron chi connectivity index (χ3n) is 10.8. The Labute approximate surface area is 313 Å². The maximum Gasteiger partial charge on any atom is 0.0159 e. The maximum absolute atomic E-state index is 4.21. The lowest BCUT2D eigenvalue weighted by Crippen LogP contribution is -2.18. The molecule has 0 saturated carbocycles. The van der Waals surface area contributed by atoms with Gasteiger partial charge in [0, 0.05) is 5.41 Å². The minimum Gasteiger partial charge on any atom is -0.0988 e. The summed E-state index contributed by atoms with van der Waals surface area (Å²) in [4.78, 5) is 0. The van der Waals surface area contributed by atoms with E-state index in [1.165, 1.54) is 77.9 Å². The summed E-state index contributed by atoms with van der Waals surface area (Å²) < 4.78 is 0. The molecule has 0 fully saturated rings. The molecule has 0 bridgehead atoms.